The van der Waals surface area contributed by atoms with Crippen LogP contribution in [0, 0.1) is 0 Å². The molecule has 0 unspecified atom stereocenters. The molecule has 156 valence electrons. The maximum Gasteiger partial charge on any atom is 0.417 e. The van der Waals surface area contributed by atoms with Crippen molar-refractivity contribution in [1.29, 1.82) is 0 Å². The summed E-state index contributed by atoms with van der Waals surface area (Å²) in [6.07, 6.45) is -4.05. The molecule has 2 aromatic carbocycles. The molecule has 0 aromatic heterocycles. The number of carbonyl (C=O) groups is 1. The van der Waals surface area contributed by atoms with Gasteiger partial charge in [0, 0.05) is 18.8 Å². The van der Waals surface area contributed by atoms with Crippen LogP contribution in [-0.2, 0) is 22.6 Å². The van der Waals surface area contributed by atoms with Crippen LogP contribution in [0.25, 0.3) is 0 Å². The summed E-state index contributed by atoms with van der Waals surface area (Å²) in [5.74, 6) is -0.344. The van der Waals surface area contributed by atoms with E-state index in [4.69, 9.17) is 11.6 Å². The van der Waals surface area contributed by atoms with Crippen LogP contribution in [0.3, 0.4) is 0 Å². The number of para-hydroxylation sites is 1. The second kappa shape index (κ2) is 8.11. The summed E-state index contributed by atoms with van der Waals surface area (Å²) < 4.78 is 65.0. The summed E-state index contributed by atoms with van der Waals surface area (Å²) in [6.45, 7) is 0.130. The Hall–Kier alpha value is -2.46. The number of alkyl halides is 3. The van der Waals surface area contributed by atoms with Gasteiger partial charge in [-0.15, -0.1) is 0 Å². The predicted molar refractivity (Wildman–Crippen MR) is 105 cm³/mol. The van der Waals surface area contributed by atoms with E-state index in [-0.39, 0.29) is 18.0 Å². The normalized spacial score (nSPS) is 13.9. The monoisotopic (exact) mass is 447 g/mol. The lowest BCUT2D eigenvalue weighted by Crippen LogP contribution is -2.38. The number of rotatable bonds is 5. The van der Waals surface area contributed by atoms with Crippen molar-refractivity contribution in [1.82, 2.24) is 5.32 Å². The van der Waals surface area contributed by atoms with Crippen LogP contribution in [0.4, 0.5) is 29.3 Å². The molecule has 6 nitrogen and oxygen atoms in total. The first-order chi connectivity index (χ1) is 13.6. The van der Waals surface area contributed by atoms with Crippen molar-refractivity contribution in [2.45, 2.75) is 12.6 Å². The second-order valence-electron chi connectivity index (χ2n) is 6.34. The third-order valence-corrected chi connectivity index (χ3v) is 6.46. The molecule has 0 spiro atoms. The third kappa shape index (κ3) is 4.94. The maximum absolute atomic E-state index is 12.9. The van der Waals surface area contributed by atoms with Crippen LogP contribution in [0.5, 0.6) is 0 Å². The summed E-state index contributed by atoms with van der Waals surface area (Å²) >= 11 is 5.53. The Morgan fingerprint density at radius 3 is 2.62 bits per heavy atom. The van der Waals surface area contributed by atoms with E-state index >= 15 is 0 Å². The smallest absolute Gasteiger partial charge is 0.337 e. The minimum atomic E-state index is -4.66. The molecule has 11 heteroatoms. The number of carbonyl (C=O) groups excluding carboxylic acids is 1. The fraction of sp³-hybridized carbons (Fsp3) is 0.278. The van der Waals surface area contributed by atoms with Crippen molar-refractivity contribution in [2.24, 2.45) is 0 Å². The lowest BCUT2D eigenvalue weighted by atomic mass is 10.2. The topological polar surface area (TPSA) is 78.5 Å². The summed E-state index contributed by atoms with van der Waals surface area (Å²) in [4.78, 5) is 11.9. The van der Waals surface area contributed by atoms with Crippen molar-refractivity contribution in [3.05, 3.63) is 58.6 Å². The fourth-order valence-electron chi connectivity index (χ4n) is 3.00. The molecule has 29 heavy (non-hydrogen) atoms. The van der Waals surface area contributed by atoms with Gasteiger partial charge < -0.3 is 10.6 Å². The number of sulfonamides is 1. The lowest BCUT2D eigenvalue weighted by molar-refractivity contribution is -0.137. The van der Waals surface area contributed by atoms with Gasteiger partial charge in [0.2, 0.25) is 10.0 Å². The van der Waals surface area contributed by atoms with E-state index in [9.17, 15) is 26.4 Å². The first-order valence-electron chi connectivity index (χ1n) is 8.58. The molecule has 0 fully saturated rings. The molecular formula is C18H17ClF3N3O3S. The number of nitrogens with one attached hydrogen (secondary N) is 2. The number of hydrogen-bond acceptors (Lipinski definition) is 3. The highest BCUT2D eigenvalue weighted by molar-refractivity contribution is 7.92. The number of halogens is 4. The number of hydrogen-bond donors (Lipinski definition) is 2. The number of benzene rings is 2. The molecule has 2 amide bonds. The van der Waals surface area contributed by atoms with Crippen LogP contribution in [0.15, 0.2) is 42.5 Å². The van der Waals surface area contributed by atoms with Crippen LogP contribution in [0.1, 0.15) is 11.1 Å². The van der Waals surface area contributed by atoms with Crippen LogP contribution >= 0.6 is 11.6 Å². The van der Waals surface area contributed by atoms with Crippen molar-refractivity contribution >= 4 is 39.0 Å². The van der Waals surface area contributed by atoms with Gasteiger partial charge in [0.15, 0.2) is 0 Å². The first-order valence-corrected chi connectivity index (χ1v) is 10.6. The standard InChI is InChI=1S/C18H17ClF3N3O3S/c19-15-6-5-13(11-14(15)18(20,21)22)24-17(26)23-8-10-29(27,28)25-9-7-12-3-1-2-4-16(12)25/h1-6,11H,7-10H2,(H2,23,24,26). The van der Waals surface area contributed by atoms with Crippen molar-refractivity contribution in [2.75, 3.05) is 28.5 Å². The molecule has 3 rings (SSSR count). The molecular weight excluding hydrogens is 431 g/mol. The second-order valence-corrected chi connectivity index (χ2v) is 8.76. The summed E-state index contributed by atoms with van der Waals surface area (Å²) in [7, 11) is -3.65. The fourth-order valence-corrected chi connectivity index (χ4v) is 4.65. The predicted octanol–water partition coefficient (Wildman–Crippen LogP) is 3.87. The highest BCUT2D eigenvalue weighted by Crippen LogP contribution is 2.36. The summed E-state index contributed by atoms with van der Waals surface area (Å²) in [5, 5.41) is 4.09. The van der Waals surface area contributed by atoms with Crippen molar-refractivity contribution in [3.63, 3.8) is 0 Å². The molecule has 0 bridgehead atoms. The average molecular weight is 448 g/mol. The zero-order valence-corrected chi connectivity index (χ0v) is 16.5. The molecule has 0 saturated carbocycles. The first kappa shape index (κ1) is 21.3. The van der Waals surface area contributed by atoms with Gasteiger partial charge in [-0.2, -0.15) is 13.2 Å². The van der Waals surface area contributed by atoms with Crippen LogP contribution < -0.4 is 14.9 Å². The summed E-state index contributed by atoms with van der Waals surface area (Å²) in [5.41, 5.74) is 0.366. The molecule has 0 aliphatic carbocycles. The molecule has 0 radical (unpaired) electrons. The number of amides is 2. The van der Waals surface area contributed by atoms with Crippen LogP contribution in [0.2, 0.25) is 5.02 Å². The van der Waals surface area contributed by atoms with E-state index in [1.807, 2.05) is 12.1 Å². The summed E-state index contributed by atoms with van der Waals surface area (Å²) in [6, 6.07) is 9.29. The zero-order chi connectivity index (χ0) is 21.2. The largest absolute Gasteiger partial charge is 0.417 e. The van der Waals surface area contributed by atoms with Crippen molar-refractivity contribution < 1.29 is 26.4 Å². The molecule has 0 saturated heterocycles. The van der Waals surface area contributed by atoms with Gasteiger partial charge in [0.25, 0.3) is 0 Å². The van der Waals surface area contributed by atoms with E-state index in [0.717, 1.165) is 11.6 Å². The van der Waals surface area contributed by atoms with Crippen molar-refractivity contribution in [3.8, 4) is 0 Å². The van der Waals surface area contributed by atoms with E-state index < -0.39 is 32.8 Å². The minimum absolute atomic E-state index is 0.115. The molecule has 1 aliphatic rings. The number of anilines is 2. The Kier molecular flexibility index (Phi) is 5.95. The Labute approximate surface area is 170 Å². The average Bonchev–Trinajstić information content (AvgIpc) is 3.07. The molecule has 1 heterocycles. The highest BCUT2D eigenvalue weighted by Gasteiger charge is 2.33. The van der Waals surface area contributed by atoms with E-state index in [1.54, 1.807) is 12.1 Å². The van der Waals surface area contributed by atoms with E-state index in [0.29, 0.717) is 24.7 Å². The van der Waals surface area contributed by atoms with Gasteiger partial charge in [0.1, 0.15) is 0 Å². The zero-order valence-electron chi connectivity index (χ0n) is 15.0. The van der Waals surface area contributed by atoms with Gasteiger partial charge in [-0.1, -0.05) is 29.8 Å². The van der Waals surface area contributed by atoms with Gasteiger partial charge in [-0.3, -0.25) is 4.31 Å². The number of fused-ring (bicyclic) bond motifs is 1. The highest BCUT2D eigenvalue weighted by atomic mass is 35.5. The Balaban J connectivity index is 1.57. The van der Waals surface area contributed by atoms with Gasteiger partial charge in [0.05, 0.1) is 22.0 Å². The Morgan fingerprint density at radius 1 is 1.17 bits per heavy atom. The maximum atomic E-state index is 12.9. The number of urea groups is 1. The molecule has 2 N–H and O–H groups in total. The van der Waals surface area contributed by atoms with Gasteiger partial charge in [-0.05, 0) is 36.2 Å². The van der Waals surface area contributed by atoms with Gasteiger partial charge >= 0.3 is 12.2 Å². The minimum Gasteiger partial charge on any atom is -0.337 e. The molecule has 1 aliphatic heterocycles. The quantitative estimate of drug-likeness (QED) is 0.730. The molecule has 0 atom stereocenters. The lowest BCUT2D eigenvalue weighted by Gasteiger charge is -2.19. The Morgan fingerprint density at radius 2 is 1.90 bits per heavy atom. The SMILES string of the molecule is O=C(NCCS(=O)(=O)N1CCc2ccccc21)Nc1ccc(Cl)c(C(F)(F)F)c1. The van der Waals surface area contributed by atoms with E-state index in [2.05, 4.69) is 10.6 Å². The van der Waals surface area contributed by atoms with Crippen LogP contribution in [-0.4, -0.2) is 33.3 Å². The van der Waals surface area contributed by atoms with E-state index in [1.165, 1.54) is 10.4 Å². The number of nitrogens with zero attached hydrogens (tertiary/aromatic N) is 1. The Bertz CT molecular complexity index is 1030. The molecule has 2 aromatic rings. The van der Waals surface area contributed by atoms with Gasteiger partial charge in [-0.25, -0.2) is 13.2 Å². The third-order valence-electron chi connectivity index (χ3n) is 4.36.